The summed E-state index contributed by atoms with van der Waals surface area (Å²) in [6.07, 6.45) is 3.85. The van der Waals surface area contributed by atoms with Gasteiger partial charge in [-0.1, -0.05) is 11.6 Å². The molecule has 0 bridgehead atoms. The van der Waals surface area contributed by atoms with Gasteiger partial charge in [0.05, 0.1) is 5.02 Å². The maximum absolute atomic E-state index is 10.8. The lowest BCUT2D eigenvalue weighted by Gasteiger charge is -2.12. The zero-order valence-electron chi connectivity index (χ0n) is 8.86. The highest BCUT2D eigenvalue weighted by atomic mass is 35.5. The van der Waals surface area contributed by atoms with Crippen molar-refractivity contribution in [1.82, 2.24) is 0 Å². The van der Waals surface area contributed by atoms with Crippen LogP contribution in [0.15, 0.2) is 21.9 Å². The Labute approximate surface area is 108 Å². The molecule has 0 spiro atoms. The van der Waals surface area contributed by atoms with Gasteiger partial charge in [0.2, 0.25) is 0 Å². The minimum atomic E-state index is -1.06. The van der Waals surface area contributed by atoms with E-state index in [2.05, 4.69) is 0 Å². The third kappa shape index (κ3) is 2.85. The molecule has 0 amide bonds. The van der Waals surface area contributed by atoms with Crippen molar-refractivity contribution in [3.8, 4) is 0 Å². The summed E-state index contributed by atoms with van der Waals surface area (Å²) in [7, 11) is 0. The summed E-state index contributed by atoms with van der Waals surface area (Å²) >= 11 is 9.14. The highest BCUT2D eigenvalue weighted by molar-refractivity contribution is 8.01. The number of hydrogen-bond donors (Lipinski definition) is 2. The third-order valence-corrected chi connectivity index (χ3v) is 4.23. The predicted molar refractivity (Wildman–Crippen MR) is 69.6 cm³/mol. The molecule has 0 saturated carbocycles. The van der Waals surface area contributed by atoms with Crippen molar-refractivity contribution in [3.63, 3.8) is 0 Å². The molecular formula is C10H12ClNO2S2. The molecule has 16 heavy (non-hydrogen) atoms. The Balaban J connectivity index is 3.25. The number of aliphatic carboxylic acids is 1. The van der Waals surface area contributed by atoms with Crippen molar-refractivity contribution in [2.75, 3.05) is 12.5 Å². The van der Waals surface area contributed by atoms with Crippen molar-refractivity contribution >= 4 is 41.1 Å². The maximum Gasteiger partial charge on any atom is 0.325 e. The lowest BCUT2D eigenvalue weighted by molar-refractivity contribution is -0.138. The van der Waals surface area contributed by atoms with Crippen molar-refractivity contribution in [2.45, 2.75) is 15.8 Å². The van der Waals surface area contributed by atoms with Gasteiger partial charge in [-0.15, -0.1) is 23.5 Å². The van der Waals surface area contributed by atoms with E-state index in [1.807, 2.05) is 12.5 Å². The van der Waals surface area contributed by atoms with E-state index < -0.39 is 12.0 Å². The van der Waals surface area contributed by atoms with Gasteiger partial charge < -0.3 is 10.8 Å². The number of rotatable bonds is 4. The third-order valence-electron chi connectivity index (χ3n) is 2.08. The molecule has 1 unspecified atom stereocenters. The summed E-state index contributed by atoms with van der Waals surface area (Å²) in [4.78, 5) is 12.7. The van der Waals surface area contributed by atoms with Gasteiger partial charge in [0.15, 0.2) is 0 Å². The van der Waals surface area contributed by atoms with Crippen LogP contribution in [0.5, 0.6) is 0 Å². The zero-order valence-corrected chi connectivity index (χ0v) is 11.2. The number of nitrogens with two attached hydrogens (primary N) is 1. The molecule has 0 aromatic heterocycles. The molecule has 0 saturated heterocycles. The van der Waals surface area contributed by atoms with Crippen molar-refractivity contribution < 1.29 is 9.90 Å². The topological polar surface area (TPSA) is 63.3 Å². The fraction of sp³-hybridized carbons (Fsp3) is 0.300. The molecule has 0 fully saturated rings. The molecule has 3 N–H and O–H groups in total. The number of carboxylic acid groups (broad SMARTS) is 1. The second kappa shape index (κ2) is 5.82. The highest BCUT2D eigenvalue weighted by Gasteiger charge is 2.17. The van der Waals surface area contributed by atoms with E-state index in [1.54, 1.807) is 12.1 Å². The normalized spacial score (nSPS) is 12.5. The zero-order chi connectivity index (χ0) is 12.3. The van der Waals surface area contributed by atoms with E-state index >= 15 is 0 Å². The van der Waals surface area contributed by atoms with Gasteiger partial charge in [-0.2, -0.15) is 0 Å². The van der Waals surface area contributed by atoms with E-state index in [4.69, 9.17) is 22.4 Å². The molecule has 1 atom stereocenters. The highest BCUT2D eigenvalue weighted by Crippen LogP contribution is 2.36. The van der Waals surface area contributed by atoms with Gasteiger partial charge in [-0.3, -0.25) is 4.79 Å². The molecule has 0 heterocycles. The predicted octanol–water partition coefficient (Wildman–Crippen LogP) is 2.87. The Morgan fingerprint density at radius 2 is 2.06 bits per heavy atom. The summed E-state index contributed by atoms with van der Waals surface area (Å²) in [5.74, 6) is -1.06. The summed E-state index contributed by atoms with van der Waals surface area (Å²) in [5, 5.41) is 9.38. The average molecular weight is 278 g/mol. The number of benzene rings is 1. The standard InChI is InChI=1S/C10H12ClNO2S2/c1-15-7-4-5(8(12)10(13)14)3-6(11)9(7)16-2/h3-4,8H,12H2,1-2H3,(H,13,14). The second-order valence-electron chi connectivity index (χ2n) is 3.05. The molecule has 0 aliphatic carbocycles. The SMILES string of the molecule is CSc1cc(C(N)C(=O)O)cc(Cl)c1SC. The van der Waals surface area contributed by atoms with Crippen LogP contribution < -0.4 is 5.73 Å². The van der Waals surface area contributed by atoms with E-state index in [-0.39, 0.29) is 0 Å². The van der Waals surface area contributed by atoms with Crippen LogP contribution in [0.3, 0.4) is 0 Å². The molecule has 6 heteroatoms. The van der Waals surface area contributed by atoms with E-state index in [1.165, 1.54) is 23.5 Å². The summed E-state index contributed by atoms with van der Waals surface area (Å²) in [5.41, 5.74) is 6.08. The minimum absolute atomic E-state index is 0.527. The maximum atomic E-state index is 10.8. The van der Waals surface area contributed by atoms with E-state index in [0.717, 1.165) is 9.79 Å². The van der Waals surface area contributed by atoms with Crippen LogP contribution in [-0.4, -0.2) is 23.6 Å². The Morgan fingerprint density at radius 3 is 2.50 bits per heavy atom. The molecule has 3 nitrogen and oxygen atoms in total. The second-order valence-corrected chi connectivity index (χ2v) is 5.13. The van der Waals surface area contributed by atoms with Gasteiger partial charge in [0.1, 0.15) is 6.04 Å². The number of thioether (sulfide) groups is 2. The number of halogens is 1. The molecule has 1 rings (SSSR count). The lowest BCUT2D eigenvalue weighted by atomic mass is 10.1. The fourth-order valence-corrected chi connectivity index (χ4v) is 3.34. The molecule has 0 aliphatic heterocycles. The van der Waals surface area contributed by atoms with Gasteiger partial charge in [-0.25, -0.2) is 0 Å². The van der Waals surface area contributed by atoms with Crippen LogP contribution in [-0.2, 0) is 4.79 Å². The van der Waals surface area contributed by atoms with Gasteiger partial charge in [-0.05, 0) is 30.2 Å². The van der Waals surface area contributed by atoms with E-state index in [9.17, 15) is 4.79 Å². The largest absolute Gasteiger partial charge is 0.480 e. The average Bonchev–Trinajstić information content (AvgIpc) is 2.26. The first-order valence-electron chi connectivity index (χ1n) is 4.41. The monoisotopic (exact) mass is 277 g/mol. The van der Waals surface area contributed by atoms with Gasteiger partial charge >= 0.3 is 5.97 Å². The Kier molecular flexibility index (Phi) is 4.98. The number of carbonyl (C=O) groups is 1. The molecule has 1 aromatic carbocycles. The summed E-state index contributed by atoms with van der Waals surface area (Å²) in [6, 6.07) is 2.37. The first-order valence-corrected chi connectivity index (χ1v) is 7.23. The van der Waals surface area contributed by atoms with Crippen molar-refractivity contribution in [1.29, 1.82) is 0 Å². The van der Waals surface area contributed by atoms with Crippen LogP contribution in [0.2, 0.25) is 5.02 Å². The van der Waals surface area contributed by atoms with Gasteiger partial charge in [0, 0.05) is 9.79 Å². The van der Waals surface area contributed by atoms with Crippen LogP contribution in [0, 0.1) is 0 Å². The lowest BCUT2D eigenvalue weighted by Crippen LogP contribution is -2.20. The Hall–Kier alpha value is -0.360. The Bertz CT molecular complexity index is 412. The first-order chi connectivity index (χ1) is 7.51. The summed E-state index contributed by atoms with van der Waals surface area (Å²) < 4.78 is 0. The van der Waals surface area contributed by atoms with Gasteiger partial charge in [0.25, 0.3) is 0 Å². The molecule has 0 radical (unpaired) electrons. The van der Waals surface area contributed by atoms with Crippen molar-refractivity contribution in [2.24, 2.45) is 5.73 Å². The summed E-state index contributed by atoms with van der Waals surface area (Å²) in [6.45, 7) is 0. The van der Waals surface area contributed by atoms with Crippen LogP contribution in [0.1, 0.15) is 11.6 Å². The van der Waals surface area contributed by atoms with Crippen LogP contribution >= 0.6 is 35.1 Å². The molecule has 88 valence electrons. The fourth-order valence-electron chi connectivity index (χ4n) is 1.26. The molecule has 1 aromatic rings. The first kappa shape index (κ1) is 13.7. The van der Waals surface area contributed by atoms with Crippen LogP contribution in [0.4, 0.5) is 0 Å². The molecule has 0 aliphatic rings. The molecular weight excluding hydrogens is 266 g/mol. The number of hydrogen-bond acceptors (Lipinski definition) is 4. The van der Waals surface area contributed by atoms with Crippen LogP contribution in [0.25, 0.3) is 0 Å². The quantitative estimate of drug-likeness (QED) is 0.829. The Morgan fingerprint density at radius 1 is 1.44 bits per heavy atom. The van der Waals surface area contributed by atoms with E-state index in [0.29, 0.717) is 10.6 Å². The number of carboxylic acids is 1. The van der Waals surface area contributed by atoms with Crippen molar-refractivity contribution in [3.05, 3.63) is 22.7 Å². The smallest absolute Gasteiger partial charge is 0.325 e. The minimum Gasteiger partial charge on any atom is -0.480 e.